The lowest BCUT2D eigenvalue weighted by Gasteiger charge is -2.22. The molecule has 0 aliphatic heterocycles. The molecule has 2 aromatic rings. The van der Waals surface area contributed by atoms with Gasteiger partial charge in [-0.3, -0.25) is 9.59 Å². The molecule has 1 amide bonds. The van der Waals surface area contributed by atoms with Gasteiger partial charge in [-0.15, -0.1) is 0 Å². The van der Waals surface area contributed by atoms with E-state index in [9.17, 15) is 9.59 Å². The van der Waals surface area contributed by atoms with Crippen molar-refractivity contribution in [1.82, 2.24) is 10.2 Å². The van der Waals surface area contributed by atoms with Crippen LogP contribution >= 0.6 is 0 Å². The summed E-state index contributed by atoms with van der Waals surface area (Å²) in [6.07, 6.45) is 0. The fourth-order valence-electron chi connectivity index (χ4n) is 1.89. The lowest BCUT2D eigenvalue weighted by molar-refractivity contribution is 0.0982. The van der Waals surface area contributed by atoms with E-state index >= 15 is 0 Å². The van der Waals surface area contributed by atoms with Crippen LogP contribution in [-0.2, 0) is 0 Å². The van der Waals surface area contributed by atoms with Gasteiger partial charge < -0.3 is 4.90 Å². The number of amides is 1. The maximum Gasteiger partial charge on any atom is 0.278 e. The van der Waals surface area contributed by atoms with Gasteiger partial charge in [0, 0.05) is 18.3 Å². The Hall–Kier alpha value is -2.43. The Morgan fingerprint density at radius 3 is 2.58 bits per heavy atom. The van der Waals surface area contributed by atoms with Gasteiger partial charge in [0.05, 0.1) is 0 Å². The van der Waals surface area contributed by atoms with Crippen LogP contribution < -0.4 is 10.5 Å². The normalized spacial score (nSPS) is 10.2. The molecule has 98 valence electrons. The molecule has 0 saturated heterocycles. The largest absolute Gasteiger partial charge is 0.307 e. The number of nitrogens with zero attached hydrogens (tertiary/aromatic N) is 2. The molecule has 0 aliphatic carbocycles. The van der Waals surface area contributed by atoms with Crippen molar-refractivity contribution >= 4 is 11.6 Å². The Morgan fingerprint density at radius 1 is 1.26 bits per heavy atom. The van der Waals surface area contributed by atoms with Gasteiger partial charge in [0.15, 0.2) is 0 Å². The Balaban J connectivity index is 2.37. The summed E-state index contributed by atoms with van der Waals surface area (Å²) in [4.78, 5) is 25.0. The standard InChI is InChI=1S/C14H15N3O2/c1-3-17(12-7-5-4-6-10(12)2)14(19)11-8-9-13(18)16-15-11/h4-9H,3H2,1-2H3,(H,16,18). The van der Waals surface area contributed by atoms with Crippen LogP contribution in [0.4, 0.5) is 5.69 Å². The number of aromatic amines is 1. The molecule has 0 bridgehead atoms. The second-order valence-corrected chi connectivity index (χ2v) is 4.14. The van der Waals surface area contributed by atoms with Crippen molar-refractivity contribution in [1.29, 1.82) is 0 Å². The van der Waals surface area contributed by atoms with Gasteiger partial charge in [0.25, 0.3) is 11.5 Å². The zero-order valence-corrected chi connectivity index (χ0v) is 10.9. The highest BCUT2D eigenvalue weighted by Gasteiger charge is 2.18. The highest BCUT2D eigenvalue weighted by molar-refractivity contribution is 6.05. The molecule has 5 nitrogen and oxygen atoms in total. The van der Waals surface area contributed by atoms with Crippen LogP contribution in [-0.4, -0.2) is 22.6 Å². The summed E-state index contributed by atoms with van der Waals surface area (Å²) in [6.45, 7) is 4.38. The van der Waals surface area contributed by atoms with E-state index < -0.39 is 0 Å². The molecule has 0 radical (unpaired) electrons. The zero-order valence-electron chi connectivity index (χ0n) is 10.9. The second kappa shape index (κ2) is 5.48. The fourth-order valence-corrected chi connectivity index (χ4v) is 1.89. The molecule has 0 unspecified atom stereocenters. The number of aromatic nitrogens is 2. The third-order valence-corrected chi connectivity index (χ3v) is 2.87. The number of carbonyl (C=O) groups is 1. The zero-order chi connectivity index (χ0) is 13.8. The predicted octanol–water partition coefficient (Wildman–Crippen LogP) is 1.75. The first-order valence-corrected chi connectivity index (χ1v) is 6.06. The number of hydrogen-bond acceptors (Lipinski definition) is 3. The fraction of sp³-hybridized carbons (Fsp3) is 0.214. The maximum atomic E-state index is 12.4. The molecule has 5 heteroatoms. The summed E-state index contributed by atoms with van der Waals surface area (Å²) < 4.78 is 0. The highest BCUT2D eigenvalue weighted by Crippen LogP contribution is 2.20. The number of para-hydroxylation sites is 1. The van der Waals surface area contributed by atoms with Crippen LogP contribution in [0.1, 0.15) is 23.0 Å². The molecule has 1 aromatic carbocycles. The smallest absolute Gasteiger partial charge is 0.278 e. The molecule has 0 fully saturated rings. The summed E-state index contributed by atoms with van der Waals surface area (Å²) in [5.74, 6) is -0.229. The molecule has 2 rings (SSSR count). The van der Waals surface area contributed by atoms with Crippen LogP contribution in [0.2, 0.25) is 0 Å². The maximum absolute atomic E-state index is 12.4. The molecule has 19 heavy (non-hydrogen) atoms. The van der Waals surface area contributed by atoms with Crippen molar-refractivity contribution in [2.45, 2.75) is 13.8 Å². The van der Waals surface area contributed by atoms with Crippen LogP contribution in [0.15, 0.2) is 41.2 Å². The van der Waals surface area contributed by atoms with Crippen LogP contribution in [0.3, 0.4) is 0 Å². The topological polar surface area (TPSA) is 66.1 Å². The molecule has 0 spiro atoms. The molecule has 1 aromatic heterocycles. The third-order valence-electron chi connectivity index (χ3n) is 2.87. The van der Waals surface area contributed by atoms with Crippen molar-refractivity contribution < 1.29 is 4.79 Å². The Labute approximate surface area is 110 Å². The second-order valence-electron chi connectivity index (χ2n) is 4.14. The Bertz CT molecular complexity index is 629. The van der Waals surface area contributed by atoms with Crippen molar-refractivity contribution in [3.8, 4) is 0 Å². The SMILES string of the molecule is CCN(C(=O)c1ccc(=O)[nH]n1)c1ccccc1C. The number of hydrogen-bond donors (Lipinski definition) is 1. The molecule has 0 saturated carbocycles. The lowest BCUT2D eigenvalue weighted by Crippen LogP contribution is -2.32. The monoisotopic (exact) mass is 257 g/mol. The van der Waals surface area contributed by atoms with E-state index in [2.05, 4.69) is 10.2 Å². The quantitative estimate of drug-likeness (QED) is 0.910. The number of rotatable bonds is 3. The summed E-state index contributed by atoms with van der Waals surface area (Å²) in [6, 6.07) is 10.4. The number of H-pyrrole nitrogens is 1. The number of carbonyl (C=O) groups excluding carboxylic acids is 1. The summed E-state index contributed by atoms with van der Waals surface area (Å²) >= 11 is 0. The van der Waals surface area contributed by atoms with E-state index in [4.69, 9.17) is 0 Å². The van der Waals surface area contributed by atoms with Crippen molar-refractivity contribution in [3.05, 3.63) is 58.0 Å². The first kappa shape index (κ1) is 13.0. The van der Waals surface area contributed by atoms with Crippen molar-refractivity contribution in [3.63, 3.8) is 0 Å². The summed E-state index contributed by atoms with van der Waals surface area (Å²) in [5.41, 5.74) is 1.77. The van der Waals surface area contributed by atoms with Gasteiger partial charge >= 0.3 is 0 Å². The number of benzene rings is 1. The van der Waals surface area contributed by atoms with E-state index in [1.165, 1.54) is 12.1 Å². The molecular formula is C14H15N3O2. The van der Waals surface area contributed by atoms with Crippen LogP contribution in [0.5, 0.6) is 0 Å². The van der Waals surface area contributed by atoms with Gasteiger partial charge in [-0.05, 0) is 31.5 Å². The average Bonchev–Trinajstić information content (AvgIpc) is 2.42. The van der Waals surface area contributed by atoms with E-state index in [0.29, 0.717) is 6.54 Å². The van der Waals surface area contributed by atoms with Gasteiger partial charge in [0.2, 0.25) is 0 Å². The van der Waals surface area contributed by atoms with E-state index in [1.807, 2.05) is 38.1 Å². The minimum absolute atomic E-state index is 0.227. The van der Waals surface area contributed by atoms with Gasteiger partial charge in [-0.1, -0.05) is 18.2 Å². The van der Waals surface area contributed by atoms with E-state index in [0.717, 1.165) is 11.3 Å². The third kappa shape index (κ3) is 2.70. The molecule has 0 aliphatic rings. The van der Waals surface area contributed by atoms with Gasteiger partial charge in [-0.25, -0.2) is 5.10 Å². The lowest BCUT2D eigenvalue weighted by atomic mass is 10.1. The van der Waals surface area contributed by atoms with Crippen LogP contribution in [0, 0.1) is 6.92 Å². The summed E-state index contributed by atoms with van der Waals surface area (Å²) in [7, 11) is 0. The summed E-state index contributed by atoms with van der Waals surface area (Å²) in [5, 5.41) is 6.05. The van der Waals surface area contributed by atoms with Gasteiger partial charge in [0.1, 0.15) is 5.69 Å². The highest BCUT2D eigenvalue weighted by atomic mass is 16.2. The molecule has 1 N–H and O–H groups in total. The Morgan fingerprint density at radius 2 is 2.00 bits per heavy atom. The van der Waals surface area contributed by atoms with E-state index in [1.54, 1.807) is 4.90 Å². The minimum Gasteiger partial charge on any atom is -0.307 e. The van der Waals surface area contributed by atoms with Gasteiger partial charge in [-0.2, -0.15) is 5.10 Å². The van der Waals surface area contributed by atoms with E-state index in [-0.39, 0.29) is 17.2 Å². The molecule has 1 heterocycles. The Kier molecular flexibility index (Phi) is 3.75. The molecule has 0 atom stereocenters. The predicted molar refractivity (Wildman–Crippen MR) is 73.4 cm³/mol. The first-order chi connectivity index (χ1) is 9.13. The minimum atomic E-state index is -0.324. The number of anilines is 1. The number of nitrogens with one attached hydrogen (secondary N) is 1. The van der Waals surface area contributed by atoms with Crippen molar-refractivity contribution in [2.24, 2.45) is 0 Å². The molecular weight excluding hydrogens is 242 g/mol. The first-order valence-electron chi connectivity index (χ1n) is 6.06. The van der Waals surface area contributed by atoms with Crippen LogP contribution in [0.25, 0.3) is 0 Å². The van der Waals surface area contributed by atoms with Crippen molar-refractivity contribution in [2.75, 3.05) is 11.4 Å². The number of aryl methyl sites for hydroxylation is 1. The average molecular weight is 257 g/mol.